The molecular weight excluding hydrogens is 354 g/mol. The summed E-state index contributed by atoms with van der Waals surface area (Å²) < 4.78 is 5.35. The predicted molar refractivity (Wildman–Crippen MR) is 106 cm³/mol. The lowest BCUT2D eigenvalue weighted by molar-refractivity contribution is -0.140. The number of benzene rings is 1. The molecule has 1 aliphatic heterocycles. The van der Waals surface area contributed by atoms with Crippen molar-refractivity contribution in [3.05, 3.63) is 35.2 Å². The van der Waals surface area contributed by atoms with E-state index in [0.717, 1.165) is 36.3 Å². The number of amides is 1. The third kappa shape index (κ3) is 3.73. The van der Waals surface area contributed by atoms with Crippen molar-refractivity contribution in [2.24, 2.45) is 5.92 Å². The van der Waals surface area contributed by atoms with E-state index in [-0.39, 0.29) is 12.5 Å². The van der Waals surface area contributed by atoms with Gasteiger partial charge in [0.1, 0.15) is 0 Å². The van der Waals surface area contributed by atoms with Crippen LogP contribution in [0.2, 0.25) is 0 Å². The number of aryl methyl sites for hydroxylation is 2. The minimum absolute atomic E-state index is 0.0722. The Balaban J connectivity index is 1.41. The fourth-order valence-electron chi connectivity index (χ4n) is 4.59. The molecule has 0 spiro atoms. The first-order valence-corrected chi connectivity index (χ1v) is 10.2. The number of nitrogens with zero attached hydrogens (tertiary/aromatic N) is 3. The molecule has 2 heterocycles. The van der Waals surface area contributed by atoms with Crippen LogP contribution in [0, 0.1) is 19.8 Å². The van der Waals surface area contributed by atoms with E-state index in [1.807, 2.05) is 18.7 Å². The van der Waals surface area contributed by atoms with Crippen LogP contribution in [-0.2, 0) is 9.53 Å². The van der Waals surface area contributed by atoms with E-state index in [1.165, 1.54) is 25.7 Å². The molecule has 0 N–H and O–H groups in total. The van der Waals surface area contributed by atoms with E-state index >= 15 is 0 Å². The van der Waals surface area contributed by atoms with E-state index in [4.69, 9.17) is 4.74 Å². The van der Waals surface area contributed by atoms with Crippen LogP contribution >= 0.6 is 0 Å². The van der Waals surface area contributed by atoms with Crippen molar-refractivity contribution in [3.8, 4) is 0 Å². The van der Waals surface area contributed by atoms with Gasteiger partial charge in [-0.25, -0.2) is 14.8 Å². The molecule has 0 bridgehead atoms. The normalized spacial score (nSPS) is 22.0. The second-order valence-corrected chi connectivity index (χ2v) is 8.02. The Morgan fingerprint density at radius 2 is 1.75 bits per heavy atom. The number of fused-ring (bicyclic) bond motifs is 2. The van der Waals surface area contributed by atoms with Crippen molar-refractivity contribution in [1.82, 2.24) is 14.9 Å². The summed E-state index contributed by atoms with van der Waals surface area (Å²) in [6, 6.07) is 5.46. The number of carbonyl (C=O) groups is 2. The SMILES string of the molecule is Cc1nc2ccc(C(=O)OCC(=O)N3CCC[C@H]4CCCC[C@H]43)cc2nc1C. The van der Waals surface area contributed by atoms with Gasteiger partial charge in [0.25, 0.3) is 5.91 Å². The van der Waals surface area contributed by atoms with E-state index < -0.39 is 5.97 Å². The van der Waals surface area contributed by atoms with Crippen LogP contribution in [0.5, 0.6) is 0 Å². The number of hydrogen-bond donors (Lipinski definition) is 0. The Hall–Kier alpha value is -2.50. The molecule has 148 valence electrons. The first kappa shape index (κ1) is 18.8. The Bertz CT molecular complexity index is 909. The molecule has 1 saturated carbocycles. The van der Waals surface area contributed by atoms with Gasteiger partial charge in [-0.2, -0.15) is 0 Å². The maximum Gasteiger partial charge on any atom is 0.338 e. The summed E-state index contributed by atoms with van der Waals surface area (Å²) in [6.45, 7) is 4.38. The van der Waals surface area contributed by atoms with Crippen molar-refractivity contribution in [2.75, 3.05) is 13.2 Å². The molecule has 6 heteroatoms. The molecule has 1 amide bonds. The van der Waals surface area contributed by atoms with Crippen LogP contribution in [0.1, 0.15) is 60.3 Å². The van der Waals surface area contributed by atoms with Gasteiger partial charge in [0.2, 0.25) is 0 Å². The molecule has 1 aromatic carbocycles. The molecule has 0 unspecified atom stereocenters. The standard InChI is InChI=1S/C22H27N3O3/c1-14-15(2)24-19-12-17(9-10-18(19)23-14)22(27)28-13-21(26)25-11-5-7-16-6-3-4-8-20(16)25/h9-10,12,16,20H,3-8,11,13H2,1-2H3/t16-,20-/m1/s1. The van der Waals surface area contributed by atoms with Crippen LogP contribution in [0.25, 0.3) is 11.0 Å². The third-order valence-electron chi connectivity index (χ3n) is 6.20. The average Bonchev–Trinajstić information content (AvgIpc) is 2.72. The molecule has 28 heavy (non-hydrogen) atoms. The summed E-state index contributed by atoms with van der Waals surface area (Å²) in [5.74, 6) is 0.0531. The first-order valence-electron chi connectivity index (χ1n) is 10.2. The average molecular weight is 381 g/mol. The van der Waals surface area contributed by atoms with Crippen molar-refractivity contribution >= 4 is 22.9 Å². The Labute approximate surface area is 165 Å². The molecule has 0 radical (unpaired) electrons. The van der Waals surface area contributed by atoms with Crippen LogP contribution in [0.15, 0.2) is 18.2 Å². The molecule has 2 fully saturated rings. The van der Waals surface area contributed by atoms with Gasteiger partial charge in [-0.3, -0.25) is 4.79 Å². The number of carbonyl (C=O) groups excluding carboxylic acids is 2. The molecular formula is C22H27N3O3. The fraction of sp³-hybridized carbons (Fsp3) is 0.545. The quantitative estimate of drug-likeness (QED) is 0.760. The van der Waals surface area contributed by atoms with Crippen molar-refractivity contribution in [1.29, 1.82) is 0 Å². The lowest BCUT2D eigenvalue weighted by Gasteiger charge is -2.44. The highest BCUT2D eigenvalue weighted by Gasteiger charge is 2.35. The van der Waals surface area contributed by atoms with Gasteiger partial charge >= 0.3 is 5.97 Å². The number of ether oxygens (including phenoxy) is 1. The molecule has 1 aromatic heterocycles. The molecule has 2 atom stereocenters. The fourth-order valence-corrected chi connectivity index (χ4v) is 4.59. The molecule has 1 aliphatic carbocycles. The topological polar surface area (TPSA) is 72.4 Å². The molecule has 2 aliphatic rings. The molecule has 2 aromatic rings. The minimum atomic E-state index is -0.493. The molecule has 1 saturated heterocycles. The number of rotatable bonds is 3. The van der Waals surface area contributed by atoms with Gasteiger partial charge in [0.05, 0.1) is 28.0 Å². The van der Waals surface area contributed by atoms with Crippen molar-refractivity contribution in [2.45, 2.75) is 58.4 Å². The zero-order valence-corrected chi connectivity index (χ0v) is 16.6. The molecule has 4 rings (SSSR count). The summed E-state index contributed by atoms with van der Waals surface area (Å²) in [5.41, 5.74) is 3.50. The monoisotopic (exact) mass is 381 g/mol. The van der Waals surface area contributed by atoms with E-state index in [9.17, 15) is 9.59 Å². The Morgan fingerprint density at radius 3 is 2.57 bits per heavy atom. The lowest BCUT2D eigenvalue weighted by atomic mass is 9.78. The largest absolute Gasteiger partial charge is 0.452 e. The summed E-state index contributed by atoms with van der Waals surface area (Å²) in [7, 11) is 0. The van der Waals surface area contributed by atoms with Crippen LogP contribution in [0.3, 0.4) is 0 Å². The van der Waals surface area contributed by atoms with Gasteiger partial charge < -0.3 is 9.64 Å². The van der Waals surface area contributed by atoms with Crippen LogP contribution in [0.4, 0.5) is 0 Å². The number of piperidine rings is 1. The maximum atomic E-state index is 12.7. The van der Waals surface area contributed by atoms with E-state index in [2.05, 4.69) is 9.97 Å². The zero-order valence-electron chi connectivity index (χ0n) is 16.6. The highest BCUT2D eigenvalue weighted by Crippen LogP contribution is 2.35. The zero-order chi connectivity index (χ0) is 19.7. The first-order chi connectivity index (χ1) is 13.5. The highest BCUT2D eigenvalue weighted by atomic mass is 16.5. The number of likely N-dealkylation sites (tertiary alicyclic amines) is 1. The van der Waals surface area contributed by atoms with Crippen molar-refractivity contribution in [3.63, 3.8) is 0 Å². The number of aromatic nitrogens is 2. The van der Waals surface area contributed by atoms with Gasteiger partial charge in [-0.1, -0.05) is 12.8 Å². The number of hydrogen-bond acceptors (Lipinski definition) is 5. The third-order valence-corrected chi connectivity index (χ3v) is 6.20. The second-order valence-electron chi connectivity index (χ2n) is 8.02. The summed E-state index contributed by atoms with van der Waals surface area (Å²) in [4.78, 5) is 36.1. The summed E-state index contributed by atoms with van der Waals surface area (Å²) >= 11 is 0. The van der Waals surface area contributed by atoms with Crippen molar-refractivity contribution < 1.29 is 14.3 Å². The predicted octanol–water partition coefficient (Wildman–Crippen LogP) is 3.58. The number of esters is 1. The minimum Gasteiger partial charge on any atom is -0.452 e. The van der Waals surface area contributed by atoms with Gasteiger partial charge in [-0.15, -0.1) is 0 Å². The molecule has 6 nitrogen and oxygen atoms in total. The van der Waals surface area contributed by atoms with Gasteiger partial charge in [0, 0.05) is 12.6 Å². The smallest absolute Gasteiger partial charge is 0.338 e. The van der Waals surface area contributed by atoms with Crippen LogP contribution in [-0.4, -0.2) is 45.9 Å². The van der Waals surface area contributed by atoms with E-state index in [1.54, 1.807) is 18.2 Å². The summed E-state index contributed by atoms with van der Waals surface area (Å²) in [6.07, 6.45) is 7.00. The van der Waals surface area contributed by atoms with Crippen LogP contribution < -0.4 is 0 Å². The Morgan fingerprint density at radius 1 is 1.04 bits per heavy atom. The lowest BCUT2D eigenvalue weighted by Crippen LogP contribution is -2.50. The second kappa shape index (κ2) is 7.86. The summed E-state index contributed by atoms with van der Waals surface area (Å²) in [5, 5.41) is 0. The van der Waals surface area contributed by atoms with E-state index in [0.29, 0.717) is 23.0 Å². The maximum absolute atomic E-state index is 12.7. The van der Waals surface area contributed by atoms with Gasteiger partial charge in [0.15, 0.2) is 6.61 Å². The Kier molecular flexibility index (Phi) is 5.29. The van der Waals surface area contributed by atoms with Gasteiger partial charge in [-0.05, 0) is 63.6 Å². The highest BCUT2D eigenvalue weighted by molar-refractivity contribution is 5.94.